The third-order valence-corrected chi connectivity index (χ3v) is 4.40. The molecule has 0 saturated heterocycles. The first kappa shape index (κ1) is 20.6. The number of carbonyl (C=O) groups is 1. The fourth-order valence-corrected chi connectivity index (χ4v) is 3.54. The summed E-state index contributed by atoms with van der Waals surface area (Å²) < 4.78 is 10.9. The predicted octanol–water partition coefficient (Wildman–Crippen LogP) is 5.28. The van der Waals surface area contributed by atoms with Gasteiger partial charge in [-0.1, -0.05) is 13.8 Å². The molecule has 0 bridgehead atoms. The van der Waals surface area contributed by atoms with Crippen LogP contribution in [0.2, 0.25) is 0 Å². The molecular weight excluding hydrogens is 322 g/mol. The van der Waals surface area contributed by atoms with E-state index in [4.69, 9.17) is 9.47 Å². The van der Waals surface area contributed by atoms with Crippen molar-refractivity contribution < 1.29 is 14.3 Å². The van der Waals surface area contributed by atoms with Crippen LogP contribution in [0.1, 0.15) is 62.4 Å². The van der Waals surface area contributed by atoms with Crippen LogP contribution in [0.4, 0.5) is 0 Å². The van der Waals surface area contributed by atoms with Gasteiger partial charge in [-0.05, 0) is 53.2 Å². The first-order chi connectivity index (χ1) is 11.1. The Morgan fingerprint density at radius 2 is 1.79 bits per heavy atom. The molecule has 1 atom stereocenters. The molecule has 2 aromatic heterocycles. The number of esters is 1. The lowest BCUT2D eigenvalue weighted by Gasteiger charge is -2.28. The maximum absolute atomic E-state index is 12.3. The Labute approximate surface area is 149 Å². The summed E-state index contributed by atoms with van der Waals surface area (Å²) in [5.74, 6) is -0.394. The largest absolute Gasteiger partial charge is 0.467 e. The van der Waals surface area contributed by atoms with E-state index in [1.165, 1.54) is 12.0 Å². The second kappa shape index (κ2) is 8.08. The van der Waals surface area contributed by atoms with Crippen molar-refractivity contribution in [3.05, 3.63) is 27.8 Å². The van der Waals surface area contributed by atoms with Gasteiger partial charge in [0, 0.05) is 21.5 Å². The number of fused-ring (bicyclic) bond motifs is 1. The molecule has 0 unspecified atom stereocenters. The molecule has 24 heavy (non-hydrogen) atoms. The minimum absolute atomic E-state index is 0.394. The van der Waals surface area contributed by atoms with E-state index in [2.05, 4.69) is 18.0 Å². The van der Waals surface area contributed by atoms with Gasteiger partial charge in [-0.15, -0.1) is 11.3 Å². The summed E-state index contributed by atoms with van der Waals surface area (Å²) in [6.45, 7) is 15.8. The zero-order valence-corrected chi connectivity index (χ0v) is 17.1. The van der Waals surface area contributed by atoms with E-state index in [0.717, 1.165) is 27.0 Å². The first-order valence-electron chi connectivity index (χ1n) is 8.27. The van der Waals surface area contributed by atoms with E-state index in [0.29, 0.717) is 0 Å². The van der Waals surface area contributed by atoms with Gasteiger partial charge in [0.05, 0.1) is 12.7 Å². The van der Waals surface area contributed by atoms with Crippen molar-refractivity contribution in [2.24, 2.45) is 0 Å². The molecule has 0 spiro atoms. The summed E-state index contributed by atoms with van der Waals surface area (Å²) in [6.07, 6.45) is -0.762. The molecule has 2 aromatic rings. The highest BCUT2D eigenvalue weighted by molar-refractivity contribution is 7.18. The highest BCUT2D eigenvalue weighted by Gasteiger charge is 2.31. The van der Waals surface area contributed by atoms with Crippen molar-refractivity contribution in [2.75, 3.05) is 7.11 Å². The molecule has 0 N–H and O–H groups in total. The zero-order chi connectivity index (χ0) is 18.7. The maximum atomic E-state index is 12.3. The van der Waals surface area contributed by atoms with Crippen LogP contribution in [0.25, 0.3) is 10.2 Å². The number of carbonyl (C=O) groups excluding carboxylic acids is 1. The lowest BCUT2D eigenvalue weighted by Crippen LogP contribution is -2.29. The lowest BCUT2D eigenvalue weighted by atomic mass is 9.98. The van der Waals surface area contributed by atoms with Gasteiger partial charge in [0.2, 0.25) is 0 Å². The Kier molecular flexibility index (Phi) is 6.93. The summed E-state index contributed by atoms with van der Waals surface area (Å²) in [6, 6.07) is 2.11. The van der Waals surface area contributed by atoms with Crippen molar-refractivity contribution in [1.29, 1.82) is 0 Å². The van der Waals surface area contributed by atoms with E-state index in [1.54, 1.807) is 11.3 Å². The molecule has 2 heterocycles. The van der Waals surface area contributed by atoms with E-state index in [-0.39, 0.29) is 0 Å². The average molecular weight is 352 g/mol. The van der Waals surface area contributed by atoms with E-state index in [9.17, 15) is 4.79 Å². The second-order valence-corrected chi connectivity index (χ2v) is 7.68. The fourth-order valence-electron chi connectivity index (χ4n) is 2.55. The van der Waals surface area contributed by atoms with E-state index >= 15 is 0 Å². The summed E-state index contributed by atoms with van der Waals surface area (Å²) in [5, 5.41) is 1.08. The molecule has 0 fully saturated rings. The van der Waals surface area contributed by atoms with Crippen LogP contribution in [0.3, 0.4) is 0 Å². The molecule has 0 radical (unpaired) electrons. The Morgan fingerprint density at radius 1 is 1.21 bits per heavy atom. The van der Waals surface area contributed by atoms with Crippen LogP contribution in [0.5, 0.6) is 0 Å². The van der Waals surface area contributed by atoms with Crippen molar-refractivity contribution >= 4 is 27.5 Å². The van der Waals surface area contributed by atoms with Crippen molar-refractivity contribution in [3.63, 3.8) is 0 Å². The van der Waals surface area contributed by atoms with Gasteiger partial charge in [-0.25, -0.2) is 9.78 Å². The lowest BCUT2D eigenvalue weighted by molar-refractivity contribution is -0.164. The number of aryl methyl sites for hydroxylation is 3. The highest BCUT2D eigenvalue weighted by Crippen LogP contribution is 2.35. The number of aromatic nitrogens is 1. The fraction of sp³-hybridized carbons (Fsp3) is 0.579. The number of thiophene rings is 1. The van der Waals surface area contributed by atoms with Gasteiger partial charge in [0.25, 0.3) is 0 Å². The molecule has 2 rings (SSSR count). The second-order valence-electron chi connectivity index (χ2n) is 6.45. The Balaban J connectivity index is 0.00000139. The van der Waals surface area contributed by atoms with Gasteiger partial charge in [0.15, 0.2) is 6.10 Å². The van der Waals surface area contributed by atoms with Crippen LogP contribution < -0.4 is 0 Å². The Morgan fingerprint density at radius 3 is 2.29 bits per heavy atom. The molecule has 5 heteroatoms. The van der Waals surface area contributed by atoms with Crippen LogP contribution in [-0.4, -0.2) is 23.7 Å². The highest BCUT2D eigenvalue weighted by atomic mass is 32.1. The molecule has 0 aromatic carbocycles. The number of pyridine rings is 1. The summed E-state index contributed by atoms with van der Waals surface area (Å²) >= 11 is 1.66. The van der Waals surface area contributed by atoms with E-state index in [1.807, 2.05) is 48.5 Å². The Bertz CT molecular complexity index is 713. The summed E-state index contributed by atoms with van der Waals surface area (Å²) in [4.78, 5) is 19.1. The average Bonchev–Trinajstić information content (AvgIpc) is 2.87. The molecule has 0 amide bonds. The number of methoxy groups -OCH3 is 1. The zero-order valence-electron chi connectivity index (χ0n) is 16.2. The SMILES string of the molecule is CC.COC(=O)[C@@H](OC(C)(C)C)c1c(C)nc2sc(C)cc2c1C. The molecule has 4 nitrogen and oxygen atoms in total. The van der Waals surface area contributed by atoms with E-state index < -0.39 is 17.7 Å². The molecule has 0 aliphatic rings. The van der Waals surface area contributed by atoms with Crippen LogP contribution in [0.15, 0.2) is 6.07 Å². The molecule has 0 aliphatic heterocycles. The van der Waals surface area contributed by atoms with Gasteiger partial charge < -0.3 is 9.47 Å². The van der Waals surface area contributed by atoms with Crippen molar-refractivity contribution in [2.45, 2.75) is 67.1 Å². The standard InChI is InChI=1S/C17H23NO3S.C2H6/c1-9-8-12-10(2)13(11(3)18-15(12)22-9)14(16(19)20-7)21-17(4,5)6;1-2/h8,14H,1-7H3;1-2H3/t14-;/m0./s1. The smallest absolute Gasteiger partial charge is 0.339 e. The third kappa shape index (κ3) is 4.54. The third-order valence-electron chi connectivity index (χ3n) is 3.45. The summed E-state index contributed by atoms with van der Waals surface area (Å²) in [7, 11) is 1.38. The van der Waals surface area contributed by atoms with Gasteiger partial charge in [0.1, 0.15) is 4.83 Å². The number of hydrogen-bond acceptors (Lipinski definition) is 5. The predicted molar refractivity (Wildman–Crippen MR) is 101 cm³/mol. The molecule has 134 valence electrons. The monoisotopic (exact) mass is 351 g/mol. The number of nitrogens with zero attached hydrogens (tertiary/aromatic N) is 1. The minimum atomic E-state index is -0.762. The molecular formula is C19H29NO3S. The van der Waals surface area contributed by atoms with Gasteiger partial charge >= 0.3 is 5.97 Å². The first-order valence-corrected chi connectivity index (χ1v) is 9.08. The van der Waals surface area contributed by atoms with Crippen molar-refractivity contribution in [3.8, 4) is 0 Å². The Hall–Kier alpha value is -1.46. The van der Waals surface area contributed by atoms with Crippen LogP contribution >= 0.6 is 11.3 Å². The topological polar surface area (TPSA) is 48.4 Å². The quantitative estimate of drug-likeness (QED) is 0.706. The minimum Gasteiger partial charge on any atom is -0.467 e. The number of rotatable bonds is 3. The number of hydrogen-bond donors (Lipinski definition) is 0. The van der Waals surface area contributed by atoms with Gasteiger partial charge in [-0.3, -0.25) is 0 Å². The summed E-state index contributed by atoms with van der Waals surface area (Å²) in [5.41, 5.74) is 2.20. The van der Waals surface area contributed by atoms with Crippen LogP contribution in [0, 0.1) is 20.8 Å². The number of ether oxygens (including phenoxy) is 2. The van der Waals surface area contributed by atoms with Crippen molar-refractivity contribution in [1.82, 2.24) is 4.98 Å². The molecule has 0 aliphatic carbocycles. The van der Waals surface area contributed by atoms with Gasteiger partial charge in [-0.2, -0.15) is 0 Å². The maximum Gasteiger partial charge on any atom is 0.339 e. The van der Waals surface area contributed by atoms with Crippen LogP contribution in [-0.2, 0) is 14.3 Å². The molecule has 0 saturated carbocycles. The normalized spacial score (nSPS) is 12.5.